The summed E-state index contributed by atoms with van der Waals surface area (Å²) in [7, 11) is 0. The quantitative estimate of drug-likeness (QED) is 0.690. The predicted octanol–water partition coefficient (Wildman–Crippen LogP) is 4.60. The third kappa shape index (κ3) is 5.63. The summed E-state index contributed by atoms with van der Waals surface area (Å²) in [5, 5.41) is 12.5. The molecule has 4 heteroatoms. The Morgan fingerprint density at radius 1 is 1.30 bits per heavy atom. The summed E-state index contributed by atoms with van der Waals surface area (Å²) in [5.74, 6) is -0.892. The minimum absolute atomic E-state index is 0.316. The maximum atomic E-state index is 10.9. The first kappa shape index (κ1) is 17.2. The van der Waals surface area contributed by atoms with Crippen molar-refractivity contribution in [2.75, 3.05) is 0 Å². The zero-order valence-corrected chi connectivity index (χ0v) is 13.9. The van der Waals surface area contributed by atoms with Crippen molar-refractivity contribution in [1.29, 1.82) is 0 Å². The van der Waals surface area contributed by atoms with E-state index in [0.29, 0.717) is 11.6 Å². The zero-order chi connectivity index (χ0) is 15.0. The second kappa shape index (κ2) is 9.14. The molecule has 1 aromatic rings. The number of hydrogen-bond acceptors (Lipinski definition) is 2. The Hall–Kier alpha value is -0.870. The molecule has 0 fully saturated rings. The molecular weight excluding hydrogens is 318 g/mol. The Labute approximate surface area is 129 Å². The van der Waals surface area contributed by atoms with Gasteiger partial charge in [-0.3, -0.25) is 0 Å². The average molecular weight is 342 g/mol. The molecule has 0 heterocycles. The lowest BCUT2D eigenvalue weighted by Gasteiger charge is -2.18. The molecule has 1 rings (SSSR count). The summed E-state index contributed by atoms with van der Waals surface area (Å²) in [6, 6.07) is 5.75. The van der Waals surface area contributed by atoms with Crippen LogP contribution in [0.1, 0.15) is 61.9 Å². The van der Waals surface area contributed by atoms with Gasteiger partial charge in [0.2, 0.25) is 0 Å². The van der Waals surface area contributed by atoms with Crippen LogP contribution in [0.5, 0.6) is 0 Å². The lowest BCUT2D eigenvalue weighted by molar-refractivity contribution is 0.0697. The highest BCUT2D eigenvalue weighted by Crippen LogP contribution is 2.19. The molecule has 2 N–H and O–H groups in total. The monoisotopic (exact) mass is 341 g/mol. The Kier molecular flexibility index (Phi) is 7.85. The fraction of sp³-hybridized carbons (Fsp3) is 0.562. The lowest BCUT2D eigenvalue weighted by Crippen LogP contribution is -2.28. The maximum Gasteiger partial charge on any atom is 0.335 e. The highest BCUT2D eigenvalue weighted by Gasteiger charge is 2.10. The van der Waals surface area contributed by atoms with E-state index in [1.807, 2.05) is 6.07 Å². The minimum Gasteiger partial charge on any atom is -0.478 e. The number of carbonyl (C=O) groups is 1. The van der Waals surface area contributed by atoms with E-state index in [0.717, 1.165) is 16.6 Å². The van der Waals surface area contributed by atoms with Gasteiger partial charge in [-0.25, -0.2) is 4.79 Å². The van der Waals surface area contributed by atoms with E-state index in [1.54, 1.807) is 12.1 Å². The molecular formula is C16H24BrNO2. The first-order valence-corrected chi connectivity index (χ1v) is 8.12. The van der Waals surface area contributed by atoms with Gasteiger partial charge in [0.15, 0.2) is 0 Å². The second-order valence-corrected chi connectivity index (χ2v) is 5.97. The topological polar surface area (TPSA) is 49.3 Å². The van der Waals surface area contributed by atoms with Gasteiger partial charge in [0.05, 0.1) is 5.56 Å². The van der Waals surface area contributed by atoms with E-state index in [4.69, 9.17) is 5.11 Å². The van der Waals surface area contributed by atoms with Gasteiger partial charge in [0.1, 0.15) is 0 Å². The summed E-state index contributed by atoms with van der Waals surface area (Å²) in [4.78, 5) is 10.9. The number of hydrogen-bond donors (Lipinski definition) is 2. The van der Waals surface area contributed by atoms with E-state index in [9.17, 15) is 4.79 Å². The second-order valence-electron chi connectivity index (χ2n) is 5.12. The van der Waals surface area contributed by atoms with Gasteiger partial charge in [-0.05, 0) is 30.5 Å². The van der Waals surface area contributed by atoms with Crippen LogP contribution in [-0.4, -0.2) is 17.1 Å². The van der Waals surface area contributed by atoms with E-state index in [2.05, 4.69) is 35.1 Å². The largest absolute Gasteiger partial charge is 0.478 e. The van der Waals surface area contributed by atoms with E-state index in [1.165, 1.54) is 32.1 Å². The molecule has 1 atom stereocenters. The number of benzene rings is 1. The molecule has 0 radical (unpaired) electrons. The number of rotatable bonds is 9. The van der Waals surface area contributed by atoms with Crippen molar-refractivity contribution in [2.45, 2.75) is 58.5 Å². The number of halogens is 1. The Morgan fingerprint density at radius 3 is 2.60 bits per heavy atom. The molecule has 3 nitrogen and oxygen atoms in total. The smallest absolute Gasteiger partial charge is 0.335 e. The summed E-state index contributed by atoms with van der Waals surface area (Å²) >= 11 is 3.45. The van der Waals surface area contributed by atoms with Gasteiger partial charge < -0.3 is 10.4 Å². The van der Waals surface area contributed by atoms with Crippen LogP contribution >= 0.6 is 15.9 Å². The Balaban J connectivity index is 2.60. The van der Waals surface area contributed by atoms with E-state index in [-0.39, 0.29) is 0 Å². The summed E-state index contributed by atoms with van der Waals surface area (Å²) in [6.07, 6.45) is 6.04. The molecule has 0 amide bonds. The van der Waals surface area contributed by atoms with Crippen LogP contribution in [0.3, 0.4) is 0 Å². The van der Waals surface area contributed by atoms with Crippen molar-refractivity contribution in [3.8, 4) is 0 Å². The van der Waals surface area contributed by atoms with Crippen LogP contribution in [-0.2, 0) is 6.54 Å². The Bertz CT molecular complexity index is 434. The molecule has 1 unspecified atom stereocenters. The molecule has 0 saturated heterocycles. The van der Waals surface area contributed by atoms with Crippen molar-refractivity contribution in [3.05, 3.63) is 33.8 Å². The first-order valence-electron chi connectivity index (χ1n) is 7.33. The molecule has 0 bridgehead atoms. The van der Waals surface area contributed by atoms with E-state index >= 15 is 0 Å². The van der Waals surface area contributed by atoms with Crippen molar-refractivity contribution in [2.24, 2.45) is 0 Å². The van der Waals surface area contributed by atoms with Gasteiger partial charge >= 0.3 is 5.97 Å². The minimum atomic E-state index is -0.892. The summed E-state index contributed by atoms with van der Waals surface area (Å²) in [6.45, 7) is 5.19. The van der Waals surface area contributed by atoms with Gasteiger partial charge in [-0.1, -0.05) is 55.1 Å². The SMILES string of the molecule is CCCCC(CCC)NCc1ccc(C(=O)O)cc1Br. The Morgan fingerprint density at radius 2 is 2.05 bits per heavy atom. The summed E-state index contributed by atoms with van der Waals surface area (Å²) in [5.41, 5.74) is 1.42. The molecule has 0 aliphatic rings. The van der Waals surface area contributed by atoms with Crippen LogP contribution in [0.2, 0.25) is 0 Å². The fourth-order valence-electron chi connectivity index (χ4n) is 2.23. The van der Waals surface area contributed by atoms with Gasteiger partial charge in [0, 0.05) is 17.1 Å². The van der Waals surface area contributed by atoms with Crippen molar-refractivity contribution >= 4 is 21.9 Å². The third-order valence-corrected chi connectivity index (χ3v) is 4.16. The standard InChI is InChI=1S/C16H24BrNO2/c1-3-5-7-14(6-4-2)18-11-13-9-8-12(16(19)20)10-15(13)17/h8-10,14,18H,3-7,11H2,1-2H3,(H,19,20). The normalized spacial score (nSPS) is 12.3. The van der Waals surface area contributed by atoms with Gasteiger partial charge in [0.25, 0.3) is 0 Å². The molecule has 0 aliphatic carbocycles. The highest BCUT2D eigenvalue weighted by atomic mass is 79.9. The fourth-order valence-corrected chi connectivity index (χ4v) is 2.74. The zero-order valence-electron chi connectivity index (χ0n) is 12.3. The molecule has 0 saturated carbocycles. The van der Waals surface area contributed by atoms with Crippen LogP contribution in [0.15, 0.2) is 22.7 Å². The molecule has 0 aromatic heterocycles. The first-order chi connectivity index (χ1) is 9.58. The van der Waals surface area contributed by atoms with Crippen molar-refractivity contribution in [1.82, 2.24) is 5.32 Å². The molecule has 1 aromatic carbocycles. The predicted molar refractivity (Wildman–Crippen MR) is 86.2 cm³/mol. The van der Waals surface area contributed by atoms with Crippen LogP contribution in [0.25, 0.3) is 0 Å². The van der Waals surface area contributed by atoms with Crippen LogP contribution in [0, 0.1) is 0 Å². The molecule has 0 aliphatic heterocycles. The molecule has 0 spiro atoms. The maximum absolute atomic E-state index is 10.9. The summed E-state index contributed by atoms with van der Waals surface area (Å²) < 4.78 is 0.857. The number of aromatic carboxylic acids is 1. The number of carboxylic acid groups (broad SMARTS) is 1. The molecule has 20 heavy (non-hydrogen) atoms. The van der Waals surface area contributed by atoms with Crippen LogP contribution in [0.4, 0.5) is 0 Å². The third-order valence-electron chi connectivity index (χ3n) is 3.42. The van der Waals surface area contributed by atoms with Crippen LogP contribution < -0.4 is 5.32 Å². The van der Waals surface area contributed by atoms with Gasteiger partial charge in [-0.2, -0.15) is 0 Å². The van der Waals surface area contributed by atoms with Gasteiger partial charge in [-0.15, -0.1) is 0 Å². The van der Waals surface area contributed by atoms with E-state index < -0.39 is 5.97 Å². The molecule has 112 valence electrons. The lowest BCUT2D eigenvalue weighted by atomic mass is 10.0. The number of carboxylic acids is 1. The number of nitrogens with one attached hydrogen (secondary N) is 1. The number of unbranched alkanes of at least 4 members (excludes halogenated alkanes) is 1. The van der Waals surface area contributed by atoms with Crippen molar-refractivity contribution < 1.29 is 9.90 Å². The average Bonchev–Trinajstić information content (AvgIpc) is 2.42. The highest BCUT2D eigenvalue weighted by molar-refractivity contribution is 9.10. The van der Waals surface area contributed by atoms with Crippen molar-refractivity contribution in [3.63, 3.8) is 0 Å².